The number of nitrogens with one attached hydrogen (secondary N) is 1. The summed E-state index contributed by atoms with van der Waals surface area (Å²) in [7, 11) is 0. The smallest absolute Gasteiger partial charge is 0.277 e. The largest absolute Gasteiger partial charge is 0.338 e. The number of aryl methyl sites for hydroxylation is 1. The molecule has 1 heterocycles. The van der Waals surface area contributed by atoms with Gasteiger partial charge >= 0.3 is 0 Å². The number of hydrogen-bond acceptors (Lipinski definition) is 6. The highest BCUT2D eigenvalue weighted by atomic mass is 16.6. The molecule has 1 aliphatic heterocycles. The van der Waals surface area contributed by atoms with Crippen molar-refractivity contribution in [2.75, 3.05) is 18.4 Å². The SMILES string of the molecule is Cc1ccc(C(=O)N2CC(C)CC(C)C2)cc1NC(=O)c1cc([N+](=O)[O-])cc([N+](=O)[O-])c1. The molecular formula is C22H24N4O6. The molecule has 2 atom stereocenters. The summed E-state index contributed by atoms with van der Waals surface area (Å²) in [6, 6.07) is 7.70. The monoisotopic (exact) mass is 440 g/mol. The third kappa shape index (κ3) is 5.08. The van der Waals surface area contributed by atoms with E-state index in [9.17, 15) is 29.8 Å². The van der Waals surface area contributed by atoms with Crippen molar-refractivity contribution in [3.8, 4) is 0 Å². The first-order valence-electron chi connectivity index (χ1n) is 10.2. The molecule has 0 radical (unpaired) electrons. The molecular weight excluding hydrogens is 416 g/mol. The molecule has 2 aromatic carbocycles. The second kappa shape index (κ2) is 9.13. The van der Waals surface area contributed by atoms with E-state index in [0.717, 1.165) is 24.6 Å². The maximum absolute atomic E-state index is 13.0. The van der Waals surface area contributed by atoms with E-state index >= 15 is 0 Å². The zero-order valence-corrected chi connectivity index (χ0v) is 18.0. The second-order valence-electron chi connectivity index (χ2n) is 8.39. The van der Waals surface area contributed by atoms with E-state index in [2.05, 4.69) is 19.2 Å². The standard InChI is InChI=1S/C22H24N4O6/c1-13-6-14(2)12-24(11-13)22(28)16-5-4-15(3)20(9-16)23-21(27)17-7-18(25(29)30)10-19(8-17)26(31)32/h4-5,7-10,13-14H,6,11-12H2,1-3H3,(H,23,27). The lowest BCUT2D eigenvalue weighted by molar-refractivity contribution is -0.394. The number of hydrogen-bond donors (Lipinski definition) is 1. The van der Waals surface area contributed by atoms with Crippen LogP contribution in [0.15, 0.2) is 36.4 Å². The number of carbonyl (C=O) groups excluding carboxylic acids is 2. The molecule has 0 aromatic heterocycles. The van der Waals surface area contributed by atoms with Crippen LogP contribution < -0.4 is 5.32 Å². The molecule has 0 spiro atoms. The number of nitro groups is 2. The lowest BCUT2D eigenvalue weighted by Crippen LogP contribution is -2.42. The summed E-state index contributed by atoms with van der Waals surface area (Å²) in [6.45, 7) is 7.28. The summed E-state index contributed by atoms with van der Waals surface area (Å²) in [4.78, 5) is 48.1. The van der Waals surface area contributed by atoms with E-state index in [1.165, 1.54) is 0 Å². The number of nitro benzene ring substituents is 2. The lowest BCUT2D eigenvalue weighted by Gasteiger charge is -2.35. The Morgan fingerprint density at radius 1 is 0.938 bits per heavy atom. The average molecular weight is 440 g/mol. The number of benzene rings is 2. The fourth-order valence-electron chi connectivity index (χ4n) is 4.03. The van der Waals surface area contributed by atoms with Gasteiger partial charge in [-0.3, -0.25) is 29.8 Å². The number of non-ortho nitro benzene ring substituents is 2. The molecule has 2 aromatic rings. The summed E-state index contributed by atoms with van der Waals surface area (Å²) in [6.07, 6.45) is 1.06. The van der Waals surface area contributed by atoms with Crippen molar-refractivity contribution in [1.82, 2.24) is 4.90 Å². The number of anilines is 1. The first-order valence-corrected chi connectivity index (χ1v) is 10.2. The predicted octanol–water partition coefficient (Wildman–Crippen LogP) is 4.18. The Balaban J connectivity index is 1.87. The van der Waals surface area contributed by atoms with Crippen LogP contribution >= 0.6 is 0 Å². The van der Waals surface area contributed by atoms with Gasteiger partial charge in [-0.25, -0.2) is 0 Å². The minimum atomic E-state index is -0.797. The Kier molecular flexibility index (Phi) is 6.52. The van der Waals surface area contributed by atoms with Gasteiger partial charge in [-0.2, -0.15) is 0 Å². The number of nitrogens with zero attached hydrogens (tertiary/aromatic N) is 3. The maximum atomic E-state index is 13.0. The summed E-state index contributed by atoms with van der Waals surface area (Å²) >= 11 is 0. The number of piperidine rings is 1. The molecule has 2 unspecified atom stereocenters. The van der Waals surface area contributed by atoms with Crippen molar-refractivity contribution >= 4 is 28.9 Å². The topological polar surface area (TPSA) is 136 Å². The zero-order valence-electron chi connectivity index (χ0n) is 18.0. The highest BCUT2D eigenvalue weighted by molar-refractivity contribution is 6.06. The number of carbonyl (C=O) groups is 2. The van der Waals surface area contributed by atoms with Crippen molar-refractivity contribution in [3.63, 3.8) is 0 Å². The number of amides is 2. The molecule has 1 saturated heterocycles. The van der Waals surface area contributed by atoms with Crippen LogP contribution in [0.4, 0.5) is 17.1 Å². The highest BCUT2D eigenvalue weighted by Crippen LogP contribution is 2.26. The van der Waals surface area contributed by atoms with E-state index < -0.39 is 27.1 Å². The fraction of sp³-hybridized carbons (Fsp3) is 0.364. The molecule has 0 bridgehead atoms. The van der Waals surface area contributed by atoms with Gasteiger partial charge in [-0.15, -0.1) is 0 Å². The Bertz CT molecular complexity index is 1060. The van der Waals surface area contributed by atoms with E-state index in [0.29, 0.717) is 41.7 Å². The molecule has 10 heteroatoms. The normalized spacial score (nSPS) is 18.2. The second-order valence-corrected chi connectivity index (χ2v) is 8.39. The Hall–Kier alpha value is -3.82. The first kappa shape index (κ1) is 22.9. The van der Waals surface area contributed by atoms with Gasteiger partial charge in [0.1, 0.15) is 0 Å². The quantitative estimate of drug-likeness (QED) is 0.547. The molecule has 32 heavy (non-hydrogen) atoms. The van der Waals surface area contributed by atoms with Crippen LogP contribution in [-0.4, -0.2) is 39.7 Å². The summed E-state index contributed by atoms with van der Waals surface area (Å²) < 4.78 is 0. The van der Waals surface area contributed by atoms with Gasteiger partial charge in [0.15, 0.2) is 0 Å². The van der Waals surface area contributed by atoms with Crippen molar-refractivity contribution < 1.29 is 19.4 Å². The molecule has 1 N–H and O–H groups in total. The minimum Gasteiger partial charge on any atom is -0.338 e. The molecule has 10 nitrogen and oxygen atoms in total. The van der Waals surface area contributed by atoms with Crippen LogP contribution in [0.5, 0.6) is 0 Å². The van der Waals surface area contributed by atoms with Gasteiger partial charge in [-0.1, -0.05) is 19.9 Å². The zero-order chi connectivity index (χ0) is 23.6. The minimum absolute atomic E-state index is 0.134. The number of rotatable bonds is 5. The molecule has 1 fully saturated rings. The van der Waals surface area contributed by atoms with E-state index in [1.807, 2.05) is 0 Å². The molecule has 0 saturated carbocycles. The number of likely N-dealkylation sites (tertiary alicyclic amines) is 1. The van der Waals surface area contributed by atoms with E-state index in [4.69, 9.17) is 0 Å². The maximum Gasteiger partial charge on any atom is 0.277 e. The van der Waals surface area contributed by atoms with Crippen LogP contribution in [-0.2, 0) is 0 Å². The Labute approximate surface area is 184 Å². The van der Waals surface area contributed by atoms with Crippen LogP contribution in [0.25, 0.3) is 0 Å². The van der Waals surface area contributed by atoms with E-state index in [1.54, 1.807) is 30.0 Å². The third-order valence-corrected chi connectivity index (χ3v) is 5.48. The highest BCUT2D eigenvalue weighted by Gasteiger charge is 2.27. The first-order chi connectivity index (χ1) is 15.0. The van der Waals surface area contributed by atoms with Gasteiger partial charge in [0.25, 0.3) is 23.2 Å². The Morgan fingerprint density at radius 2 is 1.50 bits per heavy atom. The molecule has 0 aliphatic carbocycles. The molecule has 2 amide bonds. The van der Waals surface area contributed by atoms with Crippen molar-refractivity contribution in [3.05, 3.63) is 73.3 Å². The van der Waals surface area contributed by atoms with Crippen molar-refractivity contribution in [2.24, 2.45) is 11.8 Å². The Morgan fingerprint density at radius 3 is 2.03 bits per heavy atom. The van der Waals surface area contributed by atoms with Crippen LogP contribution in [0.2, 0.25) is 0 Å². The van der Waals surface area contributed by atoms with Gasteiger partial charge < -0.3 is 10.2 Å². The van der Waals surface area contributed by atoms with Gasteiger partial charge in [0, 0.05) is 36.5 Å². The fourth-order valence-corrected chi connectivity index (χ4v) is 4.03. The van der Waals surface area contributed by atoms with Crippen LogP contribution in [0.1, 0.15) is 46.5 Å². The summed E-state index contributed by atoms with van der Waals surface area (Å²) in [5.74, 6) is -0.0800. The van der Waals surface area contributed by atoms with Gasteiger partial charge in [-0.05, 0) is 42.9 Å². The third-order valence-electron chi connectivity index (χ3n) is 5.48. The lowest BCUT2D eigenvalue weighted by atomic mass is 9.91. The van der Waals surface area contributed by atoms with Crippen molar-refractivity contribution in [1.29, 1.82) is 0 Å². The summed E-state index contributed by atoms with van der Waals surface area (Å²) in [5, 5.41) is 24.8. The molecule has 3 rings (SSSR count). The molecule has 1 aliphatic rings. The van der Waals surface area contributed by atoms with Crippen LogP contribution in [0.3, 0.4) is 0 Å². The van der Waals surface area contributed by atoms with Gasteiger partial charge in [0.2, 0.25) is 0 Å². The summed E-state index contributed by atoms with van der Waals surface area (Å²) in [5.41, 5.74) is 0.109. The molecule has 168 valence electrons. The van der Waals surface area contributed by atoms with Gasteiger partial charge in [0.05, 0.1) is 21.5 Å². The van der Waals surface area contributed by atoms with Crippen molar-refractivity contribution in [2.45, 2.75) is 27.2 Å². The van der Waals surface area contributed by atoms with E-state index in [-0.39, 0.29) is 11.5 Å². The van der Waals surface area contributed by atoms with Crippen LogP contribution in [0, 0.1) is 39.0 Å². The predicted molar refractivity (Wildman–Crippen MR) is 118 cm³/mol. The average Bonchev–Trinajstić information content (AvgIpc) is 2.73.